The van der Waals surface area contributed by atoms with E-state index in [1.165, 1.54) is 15.8 Å². The van der Waals surface area contributed by atoms with Gasteiger partial charge >= 0.3 is 0 Å². The molecule has 0 amide bonds. The summed E-state index contributed by atoms with van der Waals surface area (Å²) in [6.07, 6.45) is 3.97. The predicted molar refractivity (Wildman–Crippen MR) is 92.7 cm³/mol. The molecule has 112 valence electrons. The number of nitrogens with one attached hydrogen (secondary N) is 1. The van der Waals surface area contributed by atoms with Crippen LogP contribution in [-0.2, 0) is 0 Å². The van der Waals surface area contributed by atoms with Gasteiger partial charge in [0.25, 0.3) is 0 Å². The third-order valence-electron chi connectivity index (χ3n) is 4.22. The Labute approximate surface area is 133 Å². The van der Waals surface area contributed by atoms with Gasteiger partial charge in [-0.25, -0.2) is 0 Å². The standard InChI is InChI=1S/C17H18N4S/c1-2-5-16-14(4-1)15(12-22-16)19-13-7-10-21(11-8-13)17-6-3-9-18-20-17/h1-6,9,12-13,19H,7-8,10-11H2. The molecule has 0 unspecified atom stereocenters. The zero-order valence-corrected chi connectivity index (χ0v) is 13.1. The Hall–Kier alpha value is -2.14. The van der Waals surface area contributed by atoms with E-state index in [-0.39, 0.29) is 0 Å². The maximum Gasteiger partial charge on any atom is 0.151 e. The molecular formula is C17H18N4S. The molecule has 3 aromatic rings. The third kappa shape index (κ3) is 2.64. The molecule has 5 heteroatoms. The molecule has 0 aliphatic carbocycles. The molecular weight excluding hydrogens is 292 g/mol. The van der Waals surface area contributed by atoms with Crippen molar-refractivity contribution < 1.29 is 0 Å². The van der Waals surface area contributed by atoms with E-state index < -0.39 is 0 Å². The Morgan fingerprint density at radius 2 is 1.95 bits per heavy atom. The Morgan fingerprint density at radius 3 is 2.77 bits per heavy atom. The number of benzene rings is 1. The zero-order chi connectivity index (χ0) is 14.8. The van der Waals surface area contributed by atoms with Crippen LogP contribution in [0.15, 0.2) is 48.0 Å². The van der Waals surface area contributed by atoms with Crippen molar-refractivity contribution in [2.45, 2.75) is 18.9 Å². The lowest BCUT2D eigenvalue weighted by molar-refractivity contribution is 0.522. The molecule has 1 aromatic carbocycles. The first kappa shape index (κ1) is 13.5. The summed E-state index contributed by atoms with van der Waals surface area (Å²) in [7, 11) is 0. The fourth-order valence-electron chi connectivity index (χ4n) is 3.02. The van der Waals surface area contributed by atoms with E-state index in [0.717, 1.165) is 31.7 Å². The van der Waals surface area contributed by atoms with Crippen LogP contribution in [0.4, 0.5) is 11.5 Å². The zero-order valence-electron chi connectivity index (χ0n) is 12.3. The quantitative estimate of drug-likeness (QED) is 0.799. The van der Waals surface area contributed by atoms with Gasteiger partial charge in [0.15, 0.2) is 5.82 Å². The van der Waals surface area contributed by atoms with Gasteiger partial charge in [0, 0.05) is 40.8 Å². The van der Waals surface area contributed by atoms with Gasteiger partial charge in [-0.15, -0.1) is 16.4 Å². The maximum atomic E-state index is 4.20. The normalized spacial score (nSPS) is 16.1. The average Bonchev–Trinajstić information content (AvgIpc) is 3.00. The molecule has 2 aromatic heterocycles. The number of aromatic nitrogens is 2. The Bertz CT molecular complexity index is 747. The maximum absolute atomic E-state index is 4.20. The number of hydrogen-bond acceptors (Lipinski definition) is 5. The number of anilines is 2. The molecule has 3 heterocycles. The summed E-state index contributed by atoms with van der Waals surface area (Å²) in [6, 6.07) is 13.1. The molecule has 1 aliphatic rings. The van der Waals surface area contributed by atoms with Crippen LogP contribution in [0, 0.1) is 0 Å². The SMILES string of the molecule is c1cnnc(N2CCC(Nc3csc4ccccc34)CC2)c1. The summed E-state index contributed by atoms with van der Waals surface area (Å²) in [6.45, 7) is 2.05. The van der Waals surface area contributed by atoms with Crippen molar-refractivity contribution in [2.75, 3.05) is 23.3 Å². The van der Waals surface area contributed by atoms with Gasteiger partial charge in [0.05, 0.1) is 5.69 Å². The van der Waals surface area contributed by atoms with Crippen molar-refractivity contribution in [1.29, 1.82) is 0 Å². The van der Waals surface area contributed by atoms with Gasteiger partial charge < -0.3 is 10.2 Å². The second-order valence-electron chi connectivity index (χ2n) is 5.63. The van der Waals surface area contributed by atoms with Crippen LogP contribution >= 0.6 is 11.3 Å². The second-order valence-corrected chi connectivity index (χ2v) is 6.54. The molecule has 1 aliphatic heterocycles. The third-order valence-corrected chi connectivity index (χ3v) is 5.18. The molecule has 1 N–H and O–H groups in total. The molecule has 22 heavy (non-hydrogen) atoms. The molecule has 0 saturated carbocycles. The van der Waals surface area contributed by atoms with Crippen LogP contribution < -0.4 is 10.2 Å². The van der Waals surface area contributed by atoms with Gasteiger partial charge in [0.1, 0.15) is 0 Å². The number of rotatable bonds is 3. The smallest absolute Gasteiger partial charge is 0.151 e. The molecule has 0 bridgehead atoms. The van der Waals surface area contributed by atoms with Crippen LogP contribution in [0.3, 0.4) is 0 Å². The van der Waals surface area contributed by atoms with E-state index in [0.29, 0.717) is 6.04 Å². The summed E-state index contributed by atoms with van der Waals surface area (Å²) in [5.74, 6) is 0.988. The lowest BCUT2D eigenvalue weighted by atomic mass is 10.0. The minimum Gasteiger partial charge on any atom is -0.381 e. The van der Waals surface area contributed by atoms with Crippen LogP contribution in [-0.4, -0.2) is 29.3 Å². The largest absolute Gasteiger partial charge is 0.381 e. The van der Waals surface area contributed by atoms with Crippen molar-refractivity contribution in [3.05, 3.63) is 48.0 Å². The first-order chi connectivity index (χ1) is 10.9. The molecule has 4 nitrogen and oxygen atoms in total. The number of hydrogen-bond donors (Lipinski definition) is 1. The average molecular weight is 310 g/mol. The van der Waals surface area contributed by atoms with Gasteiger partial charge in [-0.05, 0) is 31.0 Å². The highest BCUT2D eigenvalue weighted by atomic mass is 32.1. The van der Waals surface area contributed by atoms with E-state index in [9.17, 15) is 0 Å². The minimum absolute atomic E-state index is 0.533. The lowest BCUT2D eigenvalue weighted by Crippen LogP contribution is -2.39. The highest BCUT2D eigenvalue weighted by Gasteiger charge is 2.20. The minimum atomic E-state index is 0.533. The molecule has 1 saturated heterocycles. The van der Waals surface area contributed by atoms with Gasteiger partial charge in [-0.3, -0.25) is 0 Å². The molecule has 0 radical (unpaired) electrons. The highest BCUT2D eigenvalue weighted by Crippen LogP contribution is 2.31. The summed E-state index contributed by atoms with van der Waals surface area (Å²) in [5, 5.41) is 15.5. The number of nitrogens with zero attached hydrogens (tertiary/aromatic N) is 3. The van der Waals surface area contributed by atoms with E-state index in [1.807, 2.05) is 23.5 Å². The number of piperidine rings is 1. The molecule has 0 spiro atoms. The Balaban J connectivity index is 1.42. The molecule has 1 fully saturated rings. The summed E-state index contributed by atoms with van der Waals surface area (Å²) in [5.41, 5.74) is 1.28. The molecule has 0 atom stereocenters. The first-order valence-corrected chi connectivity index (χ1v) is 8.53. The first-order valence-electron chi connectivity index (χ1n) is 7.65. The van der Waals surface area contributed by atoms with Crippen LogP contribution in [0.1, 0.15) is 12.8 Å². The van der Waals surface area contributed by atoms with Crippen molar-refractivity contribution in [1.82, 2.24) is 10.2 Å². The fraction of sp³-hybridized carbons (Fsp3) is 0.294. The predicted octanol–water partition coefficient (Wildman–Crippen LogP) is 3.77. The van der Waals surface area contributed by atoms with Crippen molar-refractivity contribution in [3.8, 4) is 0 Å². The Morgan fingerprint density at radius 1 is 1.09 bits per heavy atom. The van der Waals surface area contributed by atoms with Crippen molar-refractivity contribution in [2.24, 2.45) is 0 Å². The van der Waals surface area contributed by atoms with Gasteiger partial charge in [0.2, 0.25) is 0 Å². The van der Waals surface area contributed by atoms with Crippen LogP contribution in [0.5, 0.6) is 0 Å². The van der Waals surface area contributed by atoms with Crippen LogP contribution in [0.25, 0.3) is 10.1 Å². The summed E-state index contributed by atoms with van der Waals surface area (Å²) in [4.78, 5) is 2.32. The van der Waals surface area contributed by atoms with Crippen molar-refractivity contribution >= 4 is 32.9 Å². The lowest BCUT2D eigenvalue weighted by Gasteiger charge is -2.33. The van der Waals surface area contributed by atoms with E-state index in [2.05, 4.69) is 50.1 Å². The summed E-state index contributed by atoms with van der Waals surface area (Å²) < 4.78 is 1.35. The van der Waals surface area contributed by atoms with E-state index in [1.54, 1.807) is 6.20 Å². The Kier molecular flexibility index (Phi) is 3.64. The number of fused-ring (bicyclic) bond motifs is 1. The highest BCUT2D eigenvalue weighted by molar-refractivity contribution is 7.17. The van der Waals surface area contributed by atoms with E-state index >= 15 is 0 Å². The summed E-state index contributed by atoms with van der Waals surface area (Å²) >= 11 is 1.81. The monoisotopic (exact) mass is 310 g/mol. The van der Waals surface area contributed by atoms with Crippen molar-refractivity contribution in [3.63, 3.8) is 0 Å². The number of thiophene rings is 1. The van der Waals surface area contributed by atoms with Gasteiger partial charge in [-0.1, -0.05) is 18.2 Å². The topological polar surface area (TPSA) is 41.1 Å². The second kappa shape index (κ2) is 5.93. The molecule has 4 rings (SSSR count). The van der Waals surface area contributed by atoms with E-state index in [4.69, 9.17) is 0 Å². The fourth-order valence-corrected chi connectivity index (χ4v) is 3.93. The van der Waals surface area contributed by atoms with Crippen LogP contribution in [0.2, 0.25) is 0 Å². The van der Waals surface area contributed by atoms with Gasteiger partial charge in [-0.2, -0.15) is 5.10 Å².